The molecule has 0 aliphatic heterocycles. The van der Waals surface area contributed by atoms with Crippen LogP contribution in [0.15, 0.2) is 24.3 Å². The van der Waals surface area contributed by atoms with Gasteiger partial charge in [-0.3, -0.25) is 0 Å². The van der Waals surface area contributed by atoms with Gasteiger partial charge in [-0.1, -0.05) is 37.6 Å². The lowest BCUT2D eigenvalue weighted by Gasteiger charge is -2.04. The molecule has 1 aromatic carbocycles. The molecule has 0 radical (unpaired) electrons. The number of rotatable bonds is 6. The first kappa shape index (κ1) is 15.9. The molecule has 0 saturated heterocycles. The molecule has 0 fully saturated rings. The molecule has 2 heterocycles. The third kappa shape index (κ3) is 3.21. The summed E-state index contributed by atoms with van der Waals surface area (Å²) in [6, 6.07) is 6.14. The molecule has 0 unspecified atom stereocenters. The number of benzene rings is 1. The van der Waals surface area contributed by atoms with E-state index in [0.717, 1.165) is 57.4 Å². The van der Waals surface area contributed by atoms with Crippen LogP contribution in [0.3, 0.4) is 0 Å². The van der Waals surface area contributed by atoms with E-state index < -0.39 is 0 Å². The molecule has 0 aliphatic rings. The molecule has 5 heteroatoms. The highest BCUT2D eigenvalue weighted by molar-refractivity contribution is 7.19. The van der Waals surface area contributed by atoms with Crippen LogP contribution in [-0.2, 0) is 6.42 Å². The summed E-state index contributed by atoms with van der Waals surface area (Å²) >= 11 is 1.74. The van der Waals surface area contributed by atoms with Crippen LogP contribution >= 0.6 is 11.3 Å². The maximum absolute atomic E-state index is 6.13. The van der Waals surface area contributed by atoms with E-state index in [-0.39, 0.29) is 0 Å². The predicted octanol–water partition coefficient (Wildman–Crippen LogP) is 4.13. The first-order valence-corrected chi connectivity index (χ1v) is 8.90. The molecule has 0 spiro atoms. The van der Waals surface area contributed by atoms with Gasteiger partial charge in [-0.15, -0.1) is 11.3 Å². The number of nitrogen functional groups attached to an aromatic ring is 1. The first-order valence-electron chi connectivity index (χ1n) is 8.08. The Labute approximate surface area is 140 Å². The minimum atomic E-state index is 0.523. The Hall–Kier alpha value is -1.98. The predicted molar refractivity (Wildman–Crippen MR) is 101 cm³/mol. The van der Waals surface area contributed by atoms with Gasteiger partial charge in [0.2, 0.25) is 0 Å². The summed E-state index contributed by atoms with van der Waals surface area (Å²) < 4.78 is 1.15. The van der Waals surface area contributed by atoms with E-state index in [0.29, 0.717) is 12.4 Å². The summed E-state index contributed by atoms with van der Waals surface area (Å²) in [5.41, 5.74) is 14.6. The minimum Gasteiger partial charge on any atom is -0.382 e. The fourth-order valence-corrected chi connectivity index (χ4v) is 3.86. The van der Waals surface area contributed by atoms with Crippen molar-refractivity contribution in [1.29, 1.82) is 0 Å². The van der Waals surface area contributed by atoms with Crippen LogP contribution in [0.2, 0.25) is 0 Å². The number of aromatic nitrogens is 2. The van der Waals surface area contributed by atoms with Crippen LogP contribution < -0.4 is 11.5 Å². The summed E-state index contributed by atoms with van der Waals surface area (Å²) in [7, 11) is 0. The smallest absolute Gasteiger partial charge is 0.151 e. The number of thiazole rings is 1. The highest BCUT2D eigenvalue weighted by atomic mass is 32.1. The third-order valence-electron chi connectivity index (χ3n) is 3.83. The first-order chi connectivity index (χ1) is 11.2. The third-order valence-corrected chi connectivity index (χ3v) is 4.96. The maximum atomic E-state index is 6.13. The second-order valence-corrected chi connectivity index (χ2v) is 6.69. The Balaban J connectivity index is 2.20. The van der Waals surface area contributed by atoms with Crippen molar-refractivity contribution in [3.63, 3.8) is 0 Å². The van der Waals surface area contributed by atoms with Gasteiger partial charge in [-0.2, -0.15) is 0 Å². The summed E-state index contributed by atoms with van der Waals surface area (Å²) in [6.07, 6.45) is 8.41. The molecule has 0 aliphatic carbocycles. The molecule has 3 aromatic rings. The van der Waals surface area contributed by atoms with Crippen molar-refractivity contribution in [3.05, 3.63) is 34.8 Å². The fraction of sp³-hybridized carbons (Fsp3) is 0.333. The second-order valence-electron chi connectivity index (χ2n) is 5.61. The minimum absolute atomic E-state index is 0.523. The molecule has 0 amide bonds. The van der Waals surface area contributed by atoms with Crippen molar-refractivity contribution in [1.82, 2.24) is 9.97 Å². The van der Waals surface area contributed by atoms with E-state index in [2.05, 4.69) is 30.1 Å². The monoisotopic (exact) mass is 326 g/mol. The average Bonchev–Trinajstić information content (AvgIpc) is 2.98. The number of hydrogen-bond donors (Lipinski definition) is 2. The molecule has 120 valence electrons. The molecule has 0 atom stereocenters. The van der Waals surface area contributed by atoms with Crippen molar-refractivity contribution in [2.45, 2.75) is 32.6 Å². The van der Waals surface area contributed by atoms with Gasteiger partial charge in [0.1, 0.15) is 5.52 Å². The van der Waals surface area contributed by atoms with Gasteiger partial charge in [0, 0.05) is 5.39 Å². The Bertz CT molecular complexity index is 851. The van der Waals surface area contributed by atoms with Crippen molar-refractivity contribution < 1.29 is 0 Å². The van der Waals surface area contributed by atoms with Crippen LogP contribution in [0.5, 0.6) is 0 Å². The van der Waals surface area contributed by atoms with Crippen molar-refractivity contribution >= 4 is 44.4 Å². The molecule has 0 bridgehead atoms. The van der Waals surface area contributed by atoms with Gasteiger partial charge in [-0.25, -0.2) is 9.97 Å². The number of pyridine rings is 1. The van der Waals surface area contributed by atoms with Crippen LogP contribution in [0.25, 0.3) is 27.2 Å². The zero-order valence-electron chi connectivity index (χ0n) is 13.4. The van der Waals surface area contributed by atoms with Crippen molar-refractivity contribution in [2.75, 3.05) is 12.3 Å². The Morgan fingerprint density at radius 1 is 1.26 bits per heavy atom. The van der Waals surface area contributed by atoms with Crippen LogP contribution in [0.1, 0.15) is 36.8 Å². The lowest BCUT2D eigenvalue weighted by atomic mass is 10.1. The van der Waals surface area contributed by atoms with Gasteiger partial charge in [0.15, 0.2) is 5.82 Å². The standard InChI is InChI=1S/C18H22N4S/c1-2-3-10-14-22-16-17(23-14)15-12(7-4-5-11-19)8-6-9-13(15)21-18(16)20/h4,6-9H,2-3,5,10-11,19H2,1H3,(H2,20,21)/b7-4+. The Morgan fingerprint density at radius 3 is 2.91 bits per heavy atom. The van der Waals surface area contributed by atoms with E-state index in [1.807, 2.05) is 12.1 Å². The highest BCUT2D eigenvalue weighted by Gasteiger charge is 2.14. The molecular formula is C18H22N4S. The number of fused-ring (bicyclic) bond motifs is 3. The Morgan fingerprint density at radius 2 is 2.13 bits per heavy atom. The quantitative estimate of drug-likeness (QED) is 0.714. The van der Waals surface area contributed by atoms with E-state index in [1.165, 1.54) is 0 Å². The number of nitrogens with two attached hydrogens (primary N) is 2. The number of unbranched alkanes of at least 4 members (excludes halogenated alkanes) is 1. The number of anilines is 1. The largest absolute Gasteiger partial charge is 0.382 e. The van der Waals surface area contributed by atoms with Crippen molar-refractivity contribution in [3.8, 4) is 0 Å². The number of hydrogen-bond acceptors (Lipinski definition) is 5. The lowest BCUT2D eigenvalue weighted by molar-refractivity contribution is 0.791. The van der Waals surface area contributed by atoms with E-state index in [9.17, 15) is 0 Å². The molecule has 0 saturated carbocycles. The highest BCUT2D eigenvalue weighted by Crippen LogP contribution is 2.35. The Kier molecular flexibility index (Phi) is 4.88. The van der Waals surface area contributed by atoms with Crippen LogP contribution in [0.4, 0.5) is 5.82 Å². The summed E-state index contributed by atoms with van der Waals surface area (Å²) in [5, 5.41) is 2.29. The van der Waals surface area contributed by atoms with Crippen LogP contribution in [-0.4, -0.2) is 16.5 Å². The van der Waals surface area contributed by atoms with Gasteiger partial charge in [0.05, 0.1) is 15.2 Å². The summed E-state index contributed by atoms with van der Waals surface area (Å²) in [5.74, 6) is 0.523. The molecule has 3 rings (SSSR count). The zero-order valence-corrected chi connectivity index (χ0v) is 14.2. The van der Waals surface area contributed by atoms with E-state index in [4.69, 9.17) is 16.5 Å². The average molecular weight is 326 g/mol. The van der Waals surface area contributed by atoms with E-state index >= 15 is 0 Å². The topological polar surface area (TPSA) is 77.8 Å². The fourth-order valence-electron chi connectivity index (χ4n) is 2.67. The number of aryl methyl sites for hydroxylation is 1. The lowest BCUT2D eigenvalue weighted by Crippen LogP contribution is -1.95. The van der Waals surface area contributed by atoms with Crippen molar-refractivity contribution in [2.24, 2.45) is 5.73 Å². The van der Waals surface area contributed by atoms with Gasteiger partial charge in [-0.05, 0) is 37.4 Å². The van der Waals surface area contributed by atoms with Gasteiger partial charge >= 0.3 is 0 Å². The molecule has 2 aromatic heterocycles. The maximum Gasteiger partial charge on any atom is 0.151 e. The SMILES string of the molecule is CCCCc1nc2c(N)nc3cccc(/C=C/CCN)c3c2s1. The molecule has 23 heavy (non-hydrogen) atoms. The van der Waals surface area contributed by atoms with Crippen LogP contribution in [0, 0.1) is 0 Å². The zero-order chi connectivity index (χ0) is 16.2. The van der Waals surface area contributed by atoms with E-state index in [1.54, 1.807) is 11.3 Å². The molecule has 4 N–H and O–H groups in total. The number of nitrogens with zero attached hydrogens (tertiary/aromatic N) is 2. The summed E-state index contributed by atoms with van der Waals surface area (Å²) in [4.78, 5) is 9.27. The van der Waals surface area contributed by atoms with Gasteiger partial charge in [0.25, 0.3) is 0 Å². The molecular weight excluding hydrogens is 304 g/mol. The normalized spacial score (nSPS) is 11.9. The summed E-state index contributed by atoms with van der Waals surface area (Å²) in [6.45, 7) is 2.85. The second kappa shape index (κ2) is 7.06. The van der Waals surface area contributed by atoms with Gasteiger partial charge < -0.3 is 11.5 Å². The molecule has 4 nitrogen and oxygen atoms in total.